The minimum Gasteiger partial charge on any atom is -0.385 e. The van der Waals surface area contributed by atoms with Crippen molar-refractivity contribution < 1.29 is 9.53 Å². The van der Waals surface area contributed by atoms with Crippen molar-refractivity contribution in [1.82, 2.24) is 14.5 Å². The topological polar surface area (TPSA) is 93.3 Å². The van der Waals surface area contributed by atoms with Crippen LogP contribution in [0.1, 0.15) is 42.9 Å². The number of carbonyl (C=O) groups is 1. The van der Waals surface area contributed by atoms with Crippen LogP contribution in [0.2, 0.25) is 5.02 Å². The van der Waals surface area contributed by atoms with E-state index in [4.69, 9.17) is 22.1 Å². The number of nitrogens with two attached hydrogens (primary N) is 1. The molecule has 0 saturated carbocycles. The van der Waals surface area contributed by atoms with Crippen LogP contribution >= 0.6 is 11.6 Å². The maximum absolute atomic E-state index is 13.3. The molecule has 1 aliphatic rings. The van der Waals surface area contributed by atoms with Crippen LogP contribution in [0.4, 0.5) is 0 Å². The van der Waals surface area contributed by atoms with E-state index >= 15 is 0 Å². The van der Waals surface area contributed by atoms with E-state index in [0.29, 0.717) is 26.0 Å². The Bertz CT molecular complexity index is 1490. The van der Waals surface area contributed by atoms with Gasteiger partial charge in [-0.15, -0.1) is 0 Å². The highest BCUT2D eigenvalue weighted by molar-refractivity contribution is 6.35. The molecule has 3 N–H and O–H groups in total. The molecule has 210 valence electrons. The number of benzene rings is 2. The number of pyridine rings is 1. The monoisotopic (exact) mass is 560 g/mol. The average Bonchev–Trinajstić information content (AvgIpc) is 3.34. The number of rotatable bonds is 10. The molecule has 1 aliphatic heterocycles. The molecule has 0 spiro atoms. The lowest BCUT2D eigenvalue weighted by Gasteiger charge is -2.34. The second-order valence-electron chi connectivity index (χ2n) is 10.7. The van der Waals surface area contributed by atoms with Gasteiger partial charge in [-0.05, 0) is 66.6 Å². The van der Waals surface area contributed by atoms with Gasteiger partial charge in [-0.25, -0.2) is 0 Å². The number of methoxy groups -OCH3 is 1. The minimum atomic E-state index is -0.258. The average molecular weight is 561 g/mol. The van der Waals surface area contributed by atoms with Crippen LogP contribution in [0.5, 0.6) is 0 Å². The highest BCUT2D eigenvalue weighted by Crippen LogP contribution is 2.35. The molecule has 0 bridgehead atoms. The first kappa shape index (κ1) is 28.1. The van der Waals surface area contributed by atoms with E-state index in [9.17, 15) is 9.59 Å². The second-order valence-corrected chi connectivity index (χ2v) is 11.1. The van der Waals surface area contributed by atoms with Gasteiger partial charge in [0.15, 0.2) is 0 Å². The molecule has 1 amide bonds. The summed E-state index contributed by atoms with van der Waals surface area (Å²) in [7, 11) is 1.73. The predicted molar refractivity (Wildman–Crippen MR) is 161 cm³/mol. The van der Waals surface area contributed by atoms with Gasteiger partial charge in [-0.2, -0.15) is 0 Å². The lowest BCUT2D eigenvalue weighted by atomic mass is 9.93. The molecule has 5 rings (SSSR count). The van der Waals surface area contributed by atoms with Gasteiger partial charge in [0.1, 0.15) is 0 Å². The summed E-state index contributed by atoms with van der Waals surface area (Å²) in [6.07, 6.45) is 5.57. The summed E-state index contributed by atoms with van der Waals surface area (Å²) < 4.78 is 7.67. The highest BCUT2D eigenvalue weighted by Gasteiger charge is 2.28. The van der Waals surface area contributed by atoms with Gasteiger partial charge in [-0.1, -0.05) is 41.9 Å². The molecule has 3 heterocycles. The van der Waals surface area contributed by atoms with Gasteiger partial charge in [0.05, 0.1) is 0 Å². The number of likely N-dealkylation sites (tertiary alicyclic amines) is 1. The maximum Gasteiger partial charge on any atom is 0.247 e. The summed E-state index contributed by atoms with van der Waals surface area (Å²) in [5, 5.41) is 1.82. The standard InChI is InChI=1S/C32H37ClN4O3/c1-40-16-4-15-37-29-7-2-6-28(33)27(29)19-30(37)25-5-3-14-36(21-25)32(39)18-26(34)17-22-8-10-23(11-9-22)24-12-13-31(38)35-20-24/h2,6-13,19-20,25-26H,3-5,14-18,21,34H2,1H3,(H,35,38)/t25?,26-/m1/s1. The van der Waals surface area contributed by atoms with E-state index in [1.54, 1.807) is 19.4 Å². The van der Waals surface area contributed by atoms with E-state index in [1.165, 1.54) is 11.8 Å². The number of aryl methyl sites for hydroxylation is 1. The van der Waals surface area contributed by atoms with Crippen molar-refractivity contribution in [2.24, 2.45) is 5.73 Å². The van der Waals surface area contributed by atoms with Gasteiger partial charge < -0.3 is 24.9 Å². The number of aromatic nitrogens is 2. The van der Waals surface area contributed by atoms with Gasteiger partial charge in [0, 0.05) is 85.6 Å². The fourth-order valence-corrected chi connectivity index (χ4v) is 6.04. The van der Waals surface area contributed by atoms with Crippen molar-refractivity contribution in [3.05, 3.63) is 93.5 Å². The van der Waals surface area contributed by atoms with Crippen molar-refractivity contribution in [2.45, 2.75) is 50.6 Å². The Morgan fingerprint density at radius 1 is 1.15 bits per heavy atom. The van der Waals surface area contributed by atoms with Crippen LogP contribution < -0.4 is 11.3 Å². The number of nitrogens with one attached hydrogen (secondary N) is 1. The molecule has 1 saturated heterocycles. The molecule has 1 fully saturated rings. The van der Waals surface area contributed by atoms with E-state index in [2.05, 4.69) is 21.7 Å². The quantitative estimate of drug-likeness (QED) is 0.256. The number of nitrogens with zero attached hydrogens (tertiary/aromatic N) is 2. The van der Waals surface area contributed by atoms with Crippen LogP contribution in [0.15, 0.2) is 71.7 Å². The summed E-state index contributed by atoms with van der Waals surface area (Å²) >= 11 is 6.56. The Balaban J connectivity index is 1.23. The predicted octanol–water partition coefficient (Wildman–Crippen LogP) is 5.35. The van der Waals surface area contributed by atoms with Gasteiger partial charge in [0.25, 0.3) is 0 Å². The number of aromatic amines is 1. The zero-order valence-corrected chi connectivity index (χ0v) is 23.7. The van der Waals surface area contributed by atoms with E-state index in [0.717, 1.165) is 65.0 Å². The fourth-order valence-electron chi connectivity index (χ4n) is 5.82. The molecule has 40 heavy (non-hydrogen) atoms. The molecule has 0 radical (unpaired) electrons. The summed E-state index contributed by atoms with van der Waals surface area (Å²) in [5.41, 5.74) is 11.8. The molecule has 0 aliphatic carbocycles. The lowest BCUT2D eigenvalue weighted by Crippen LogP contribution is -2.42. The summed E-state index contributed by atoms with van der Waals surface area (Å²) in [6.45, 7) is 3.00. The van der Waals surface area contributed by atoms with Crippen LogP contribution in [-0.4, -0.2) is 53.2 Å². The Kier molecular flexibility index (Phi) is 9.04. The summed E-state index contributed by atoms with van der Waals surface area (Å²) in [4.78, 5) is 29.4. The van der Waals surface area contributed by atoms with Crippen molar-refractivity contribution in [1.29, 1.82) is 0 Å². The van der Waals surface area contributed by atoms with Crippen molar-refractivity contribution in [3.8, 4) is 11.1 Å². The Morgan fingerprint density at radius 2 is 1.95 bits per heavy atom. The van der Waals surface area contributed by atoms with Crippen LogP contribution in [0.25, 0.3) is 22.0 Å². The van der Waals surface area contributed by atoms with Crippen LogP contribution in [-0.2, 0) is 22.5 Å². The number of amides is 1. The molecule has 8 heteroatoms. The van der Waals surface area contributed by atoms with E-state index < -0.39 is 0 Å². The third-order valence-electron chi connectivity index (χ3n) is 7.85. The number of hydrogen-bond donors (Lipinski definition) is 2. The summed E-state index contributed by atoms with van der Waals surface area (Å²) in [6, 6.07) is 19.4. The molecular weight excluding hydrogens is 524 g/mol. The lowest BCUT2D eigenvalue weighted by molar-refractivity contribution is -0.132. The van der Waals surface area contributed by atoms with Crippen LogP contribution in [0, 0.1) is 0 Å². The van der Waals surface area contributed by atoms with E-state index in [1.807, 2.05) is 41.3 Å². The molecule has 4 aromatic rings. The normalized spacial score (nSPS) is 16.4. The molecular formula is C32H37ClN4O3. The number of carbonyl (C=O) groups excluding carboxylic acids is 1. The Labute approximate surface area is 239 Å². The first-order valence-corrected chi connectivity index (χ1v) is 14.4. The van der Waals surface area contributed by atoms with Crippen molar-refractivity contribution in [3.63, 3.8) is 0 Å². The highest BCUT2D eigenvalue weighted by atomic mass is 35.5. The zero-order chi connectivity index (χ0) is 28.1. The number of hydrogen-bond acceptors (Lipinski definition) is 4. The Morgan fingerprint density at radius 3 is 2.70 bits per heavy atom. The molecule has 7 nitrogen and oxygen atoms in total. The maximum atomic E-state index is 13.3. The van der Waals surface area contributed by atoms with Crippen molar-refractivity contribution >= 4 is 28.4 Å². The molecule has 2 aromatic heterocycles. The van der Waals surface area contributed by atoms with Gasteiger partial charge >= 0.3 is 0 Å². The number of piperidine rings is 1. The van der Waals surface area contributed by atoms with Gasteiger partial charge in [-0.3, -0.25) is 9.59 Å². The molecule has 1 unspecified atom stereocenters. The number of H-pyrrole nitrogens is 1. The largest absolute Gasteiger partial charge is 0.385 e. The number of ether oxygens (including phenoxy) is 1. The first-order valence-electron chi connectivity index (χ1n) is 14.0. The summed E-state index contributed by atoms with van der Waals surface area (Å²) in [5.74, 6) is 0.363. The Hall–Kier alpha value is -3.39. The first-order chi connectivity index (χ1) is 19.4. The van der Waals surface area contributed by atoms with E-state index in [-0.39, 0.29) is 23.4 Å². The zero-order valence-electron chi connectivity index (χ0n) is 22.9. The SMILES string of the molecule is COCCCn1c(C2CCCN(C(=O)C[C@H](N)Cc3ccc(-c4ccc(=O)[nH]c4)cc3)C2)cc2c(Cl)cccc21. The fraction of sp³-hybridized carbons (Fsp3) is 0.375. The molecule has 2 atom stereocenters. The second kappa shape index (κ2) is 12.9. The van der Waals surface area contributed by atoms with Gasteiger partial charge in [0.2, 0.25) is 11.5 Å². The van der Waals surface area contributed by atoms with Crippen molar-refractivity contribution in [2.75, 3.05) is 26.8 Å². The molecule has 2 aromatic carbocycles. The smallest absolute Gasteiger partial charge is 0.247 e. The minimum absolute atomic E-state index is 0.113. The number of fused-ring (bicyclic) bond motifs is 1. The third-order valence-corrected chi connectivity index (χ3v) is 8.18. The van der Waals surface area contributed by atoms with Crippen LogP contribution in [0.3, 0.4) is 0 Å². The third kappa shape index (κ3) is 6.49. The number of halogens is 1.